The fourth-order valence-electron chi connectivity index (χ4n) is 4.42. The molecule has 4 aromatic carbocycles. The summed E-state index contributed by atoms with van der Waals surface area (Å²) in [5, 5.41) is 12.9. The van der Waals surface area contributed by atoms with Crippen molar-refractivity contribution in [3.63, 3.8) is 0 Å². The van der Waals surface area contributed by atoms with Gasteiger partial charge in [0.05, 0.1) is 32.8 Å². The molecular formula is C31H31N5O5S. The average molecular weight is 586 g/mol. The predicted molar refractivity (Wildman–Crippen MR) is 158 cm³/mol. The first-order valence-corrected chi connectivity index (χ1v) is 14.6. The van der Waals surface area contributed by atoms with Gasteiger partial charge in [-0.25, -0.2) is 8.42 Å². The molecule has 5 aromatic rings. The van der Waals surface area contributed by atoms with Crippen LogP contribution in [-0.2, 0) is 29.7 Å². The van der Waals surface area contributed by atoms with Crippen molar-refractivity contribution in [2.45, 2.75) is 24.5 Å². The van der Waals surface area contributed by atoms with Crippen molar-refractivity contribution in [3.8, 4) is 28.6 Å². The Hall–Kier alpha value is -4.74. The lowest BCUT2D eigenvalue weighted by Gasteiger charge is -2.24. The second-order valence-electron chi connectivity index (χ2n) is 9.46. The minimum absolute atomic E-state index is 0.0935. The Balaban J connectivity index is 1.47. The minimum Gasteiger partial charge on any atom is -0.497 e. The number of hydrogen-bond donors (Lipinski definition) is 0. The van der Waals surface area contributed by atoms with Gasteiger partial charge in [0.25, 0.3) is 0 Å². The molecule has 5 rings (SSSR count). The molecule has 0 saturated carbocycles. The van der Waals surface area contributed by atoms with Crippen molar-refractivity contribution < 1.29 is 22.6 Å². The van der Waals surface area contributed by atoms with Crippen molar-refractivity contribution in [1.82, 2.24) is 24.5 Å². The van der Waals surface area contributed by atoms with Gasteiger partial charge in [0.1, 0.15) is 17.2 Å². The van der Waals surface area contributed by atoms with Crippen LogP contribution in [0.5, 0.6) is 17.2 Å². The Labute approximate surface area is 245 Å². The van der Waals surface area contributed by atoms with Crippen LogP contribution in [0.25, 0.3) is 11.4 Å². The van der Waals surface area contributed by atoms with Crippen molar-refractivity contribution in [1.29, 1.82) is 0 Å². The smallest absolute Gasteiger partial charge is 0.244 e. The summed E-state index contributed by atoms with van der Waals surface area (Å²) in [5.41, 5.74) is 2.95. The molecular weight excluding hydrogens is 554 g/mol. The molecule has 0 saturated heterocycles. The van der Waals surface area contributed by atoms with E-state index in [9.17, 15) is 8.42 Å². The van der Waals surface area contributed by atoms with Gasteiger partial charge in [-0.1, -0.05) is 48.5 Å². The Bertz CT molecular complexity index is 1670. The number of sulfonamides is 1. The zero-order valence-corrected chi connectivity index (χ0v) is 24.4. The number of aromatic nitrogens is 4. The third kappa shape index (κ3) is 6.59. The maximum Gasteiger partial charge on any atom is 0.244 e. The van der Waals surface area contributed by atoms with Gasteiger partial charge in [-0.05, 0) is 70.4 Å². The molecule has 11 heteroatoms. The number of methoxy groups -OCH3 is 3. The number of benzene rings is 4. The molecule has 0 fully saturated rings. The summed E-state index contributed by atoms with van der Waals surface area (Å²) in [4.78, 5) is 1.53. The predicted octanol–water partition coefficient (Wildman–Crippen LogP) is 4.81. The van der Waals surface area contributed by atoms with Crippen molar-refractivity contribution >= 4 is 10.0 Å². The van der Waals surface area contributed by atoms with Gasteiger partial charge in [-0.3, -0.25) is 0 Å². The quantitative estimate of drug-likeness (QED) is 0.205. The number of ether oxygens (including phenoxy) is 3. The lowest BCUT2D eigenvalue weighted by molar-refractivity contribution is 0.398. The largest absolute Gasteiger partial charge is 0.497 e. The van der Waals surface area contributed by atoms with Crippen LogP contribution in [0.3, 0.4) is 0 Å². The molecule has 0 radical (unpaired) electrons. The summed E-state index contributed by atoms with van der Waals surface area (Å²) in [6.07, 6.45) is 0. The molecule has 0 spiro atoms. The third-order valence-electron chi connectivity index (χ3n) is 6.72. The van der Waals surface area contributed by atoms with Crippen LogP contribution in [0.4, 0.5) is 0 Å². The van der Waals surface area contributed by atoms with Crippen molar-refractivity contribution in [2.75, 3.05) is 21.3 Å². The first kappa shape index (κ1) is 28.8. The molecule has 0 aliphatic rings. The van der Waals surface area contributed by atoms with E-state index in [-0.39, 0.29) is 23.8 Å². The fourth-order valence-corrected chi connectivity index (χ4v) is 6.03. The summed E-state index contributed by atoms with van der Waals surface area (Å²) >= 11 is 0. The van der Waals surface area contributed by atoms with Crippen LogP contribution in [0.2, 0.25) is 0 Å². The maximum atomic E-state index is 14.3. The second-order valence-corrected chi connectivity index (χ2v) is 11.4. The monoisotopic (exact) mass is 585 g/mol. The van der Waals surface area contributed by atoms with E-state index in [1.165, 1.54) is 9.10 Å². The standard InChI is InChI=1S/C31H31N5O5S/c1-39-26-14-8-23(9-15-26)20-35(21-24-10-16-27(40-2)17-11-24)42(37,38)30-7-5-4-6-29(30)31-32-34-36(33-31)22-25-12-18-28(41-3)19-13-25/h4-19H,20-22H2,1-3H3. The minimum atomic E-state index is -4.03. The molecule has 0 aliphatic carbocycles. The lowest BCUT2D eigenvalue weighted by Crippen LogP contribution is -2.30. The lowest BCUT2D eigenvalue weighted by atomic mass is 10.2. The topological polar surface area (TPSA) is 109 Å². The van der Waals surface area contributed by atoms with Crippen LogP contribution < -0.4 is 14.2 Å². The van der Waals surface area contributed by atoms with Gasteiger partial charge >= 0.3 is 0 Å². The highest BCUT2D eigenvalue weighted by atomic mass is 32.2. The zero-order chi connectivity index (χ0) is 29.5. The molecule has 0 atom stereocenters. The normalized spacial score (nSPS) is 11.4. The van der Waals surface area contributed by atoms with Crippen LogP contribution in [0.1, 0.15) is 16.7 Å². The first-order valence-electron chi connectivity index (χ1n) is 13.2. The summed E-state index contributed by atoms with van der Waals surface area (Å²) in [5.74, 6) is 2.35. The molecule has 42 heavy (non-hydrogen) atoms. The van der Waals surface area contributed by atoms with Gasteiger partial charge < -0.3 is 14.2 Å². The van der Waals surface area contributed by atoms with Gasteiger partial charge in [-0.2, -0.15) is 9.10 Å². The highest BCUT2D eigenvalue weighted by molar-refractivity contribution is 7.89. The van der Waals surface area contributed by atoms with Crippen LogP contribution in [0, 0.1) is 0 Å². The Kier molecular flexibility index (Phi) is 8.80. The van der Waals surface area contributed by atoms with Crippen LogP contribution in [-0.4, -0.2) is 54.3 Å². The Morgan fingerprint density at radius 2 is 1.14 bits per heavy atom. The Morgan fingerprint density at radius 1 is 0.667 bits per heavy atom. The molecule has 0 amide bonds. The van der Waals surface area contributed by atoms with Gasteiger partial charge in [0, 0.05) is 18.7 Å². The summed E-state index contributed by atoms with van der Waals surface area (Å²) in [6, 6.07) is 28.9. The number of nitrogens with zero attached hydrogens (tertiary/aromatic N) is 5. The molecule has 1 heterocycles. The highest BCUT2D eigenvalue weighted by Gasteiger charge is 2.29. The fraction of sp³-hybridized carbons (Fsp3) is 0.194. The van der Waals surface area contributed by atoms with Crippen LogP contribution in [0.15, 0.2) is 102 Å². The number of hydrogen-bond acceptors (Lipinski definition) is 8. The van der Waals surface area contributed by atoms with Crippen LogP contribution >= 0.6 is 0 Å². The molecule has 1 aromatic heterocycles. The van der Waals surface area contributed by atoms with Gasteiger partial charge in [0.15, 0.2) is 0 Å². The average Bonchev–Trinajstić information content (AvgIpc) is 3.50. The van der Waals surface area contributed by atoms with E-state index in [1.54, 1.807) is 45.6 Å². The molecule has 216 valence electrons. The molecule has 0 bridgehead atoms. The summed E-state index contributed by atoms with van der Waals surface area (Å²) < 4.78 is 45.8. The second kappa shape index (κ2) is 12.8. The highest BCUT2D eigenvalue weighted by Crippen LogP contribution is 2.30. The van der Waals surface area contributed by atoms with E-state index in [4.69, 9.17) is 14.2 Å². The van der Waals surface area contributed by atoms with Gasteiger partial charge in [0.2, 0.25) is 15.8 Å². The van der Waals surface area contributed by atoms with E-state index in [1.807, 2.05) is 72.8 Å². The molecule has 0 unspecified atom stereocenters. The molecule has 10 nitrogen and oxygen atoms in total. The number of rotatable bonds is 12. The third-order valence-corrected chi connectivity index (χ3v) is 8.57. The molecule has 0 N–H and O–H groups in total. The van der Waals surface area contributed by atoms with Gasteiger partial charge in [-0.15, -0.1) is 10.2 Å². The summed E-state index contributed by atoms with van der Waals surface area (Å²) in [7, 11) is 0.769. The summed E-state index contributed by atoms with van der Waals surface area (Å²) in [6.45, 7) is 0.654. The van der Waals surface area contributed by atoms with E-state index < -0.39 is 10.0 Å². The Morgan fingerprint density at radius 3 is 1.64 bits per heavy atom. The SMILES string of the molecule is COc1ccc(CN(Cc2ccc(OC)cc2)S(=O)(=O)c2ccccc2-c2nnn(Cc3ccc(OC)cc3)n2)cc1. The van der Waals surface area contributed by atoms with E-state index in [0.717, 1.165) is 22.4 Å². The van der Waals surface area contributed by atoms with Crippen molar-refractivity contribution in [3.05, 3.63) is 114 Å². The first-order chi connectivity index (χ1) is 20.4. The van der Waals surface area contributed by atoms with Crippen molar-refractivity contribution in [2.24, 2.45) is 0 Å². The number of tetrazole rings is 1. The van der Waals surface area contributed by atoms with E-state index >= 15 is 0 Å². The van der Waals surface area contributed by atoms with E-state index in [2.05, 4.69) is 15.4 Å². The van der Waals surface area contributed by atoms with E-state index in [0.29, 0.717) is 23.6 Å². The molecule has 0 aliphatic heterocycles. The maximum absolute atomic E-state index is 14.3. The zero-order valence-electron chi connectivity index (χ0n) is 23.5.